The smallest absolute Gasteiger partial charge is 0.0543 e. The Morgan fingerprint density at radius 3 is 2.27 bits per heavy atom. The van der Waals surface area contributed by atoms with Gasteiger partial charge >= 0.3 is 0 Å². The first kappa shape index (κ1) is 12.2. The van der Waals surface area contributed by atoms with Crippen molar-refractivity contribution in [2.45, 2.75) is 52.1 Å². The van der Waals surface area contributed by atoms with Gasteiger partial charge in [0, 0.05) is 11.7 Å². The topological polar surface area (TPSA) is 29.9 Å². The monoisotopic (exact) mass is 209 g/mol. The zero-order chi connectivity index (χ0) is 11.7. The SMILES string of the molecule is CNC(C)(C)Cc1cnn(C(C)(C)C)c1. The molecule has 0 aliphatic heterocycles. The highest BCUT2D eigenvalue weighted by molar-refractivity contribution is 5.09. The molecule has 0 saturated carbocycles. The van der Waals surface area contributed by atoms with Gasteiger partial charge in [0.25, 0.3) is 0 Å². The van der Waals surface area contributed by atoms with Gasteiger partial charge in [-0.3, -0.25) is 4.68 Å². The zero-order valence-electron chi connectivity index (χ0n) is 10.8. The summed E-state index contributed by atoms with van der Waals surface area (Å²) in [5.41, 5.74) is 1.48. The van der Waals surface area contributed by atoms with Gasteiger partial charge in [0.15, 0.2) is 0 Å². The Balaban J connectivity index is 2.78. The second kappa shape index (κ2) is 3.97. The number of nitrogens with one attached hydrogen (secondary N) is 1. The van der Waals surface area contributed by atoms with Gasteiger partial charge in [-0.2, -0.15) is 5.10 Å². The summed E-state index contributed by atoms with van der Waals surface area (Å²) in [6, 6.07) is 0. The molecule has 0 fully saturated rings. The lowest BCUT2D eigenvalue weighted by Gasteiger charge is -2.23. The largest absolute Gasteiger partial charge is 0.314 e. The number of aromatic nitrogens is 2. The van der Waals surface area contributed by atoms with Crippen molar-refractivity contribution in [3.05, 3.63) is 18.0 Å². The van der Waals surface area contributed by atoms with Crippen molar-refractivity contribution in [2.75, 3.05) is 7.05 Å². The molecule has 1 rings (SSSR count). The van der Waals surface area contributed by atoms with Crippen molar-refractivity contribution in [1.29, 1.82) is 0 Å². The number of hydrogen-bond donors (Lipinski definition) is 1. The molecule has 0 saturated heterocycles. The molecule has 0 bridgehead atoms. The standard InChI is InChI=1S/C12H23N3/c1-11(2,3)15-9-10(8-14-15)7-12(4,5)13-6/h8-9,13H,7H2,1-6H3. The van der Waals surface area contributed by atoms with Crippen LogP contribution >= 0.6 is 0 Å². The third-order valence-corrected chi connectivity index (χ3v) is 2.65. The maximum atomic E-state index is 4.39. The Hall–Kier alpha value is -0.830. The highest BCUT2D eigenvalue weighted by Gasteiger charge is 2.19. The van der Waals surface area contributed by atoms with Gasteiger partial charge in [0.2, 0.25) is 0 Å². The molecule has 0 unspecified atom stereocenters. The first-order chi connectivity index (χ1) is 6.74. The molecule has 1 aromatic heterocycles. The van der Waals surface area contributed by atoms with Gasteiger partial charge < -0.3 is 5.32 Å². The molecule has 15 heavy (non-hydrogen) atoms. The molecule has 3 heteroatoms. The Labute approximate surface area is 92.9 Å². The van der Waals surface area contributed by atoms with Crippen LogP contribution < -0.4 is 5.32 Å². The maximum Gasteiger partial charge on any atom is 0.0543 e. The van der Waals surface area contributed by atoms with E-state index in [9.17, 15) is 0 Å². The third kappa shape index (κ3) is 3.34. The van der Waals surface area contributed by atoms with Gasteiger partial charge in [0.1, 0.15) is 0 Å². The second-order valence-corrected chi connectivity index (χ2v) is 5.77. The molecule has 0 aliphatic rings. The van der Waals surface area contributed by atoms with Crippen LogP contribution in [0.2, 0.25) is 0 Å². The number of nitrogens with zero attached hydrogens (tertiary/aromatic N) is 2. The van der Waals surface area contributed by atoms with E-state index in [2.05, 4.69) is 51.2 Å². The summed E-state index contributed by atoms with van der Waals surface area (Å²) in [6.45, 7) is 10.9. The molecule has 1 N–H and O–H groups in total. The van der Waals surface area contributed by atoms with E-state index in [1.807, 2.05) is 17.9 Å². The Bertz CT molecular complexity index is 318. The van der Waals surface area contributed by atoms with E-state index in [4.69, 9.17) is 0 Å². The molecule has 0 amide bonds. The van der Waals surface area contributed by atoms with Crippen molar-refractivity contribution < 1.29 is 0 Å². The molecule has 0 spiro atoms. The highest BCUT2D eigenvalue weighted by Crippen LogP contribution is 2.16. The molecule has 0 aromatic carbocycles. The van der Waals surface area contributed by atoms with Crippen LogP contribution in [0.4, 0.5) is 0 Å². The van der Waals surface area contributed by atoms with E-state index in [1.165, 1.54) is 5.56 Å². The van der Waals surface area contributed by atoms with Crippen molar-refractivity contribution in [3.63, 3.8) is 0 Å². The van der Waals surface area contributed by atoms with Gasteiger partial charge in [-0.15, -0.1) is 0 Å². The molecule has 86 valence electrons. The molecule has 1 aromatic rings. The Morgan fingerprint density at radius 1 is 1.27 bits per heavy atom. The normalized spacial score (nSPS) is 13.2. The lowest BCUT2D eigenvalue weighted by atomic mass is 9.97. The molecule has 0 radical (unpaired) electrons. The lowest BCUT2D eigenvalue weighted by Crippen LogP contribution is -2.38. The summed E-state index contributed by atoms with van der Waals surface area (Å²) in [4.78, 5) is 0. The van der Waals surface area contributed by atoms with E-state index in [-0.39, 0.29) is 11.1 Å². The lowest BCUT2D eigenvalue weighted by molar-refractivity contribution is 0.354. The van der Waals surface area contributed by atoms with E-state index >= 15 is 0 Å². The minimum atomic E-state index is 0.0715. The van der Waals surface area contributed by atoms with Crippen LogP contribution in [0.5, 0.6) is 0 Å². The summed E-state index contributed by atoms with van der Waals surface area (Å²) < 4.78 is 2.02. The van der Waals surface area contributed by atoms with Crippen molar-refractivity contribution >= 4 is 0 Å². The summed E-state index contributed by atoms with van der Waals surface area (Å²) in [5.74, 6) is 0. The fourth-order valence-electron chi connectivity index (χ4n) is 1.42. The quantitative estimate of drug-likeness (QED) is 0.827. The van der Waals surface area contributed by atoms with Gasteiger partial charge in [-0.25, -0.2) is 0 Å². The van der Waals surface area contributed by atoms with Crippen LogP contribution in [-0.4, -0.2) is 22.4 Å². The number of hydrogen-bond acceptors (Lipinski definition) is 2. The average Bonchev–Trinajstić information content (AvgIpc) is 2.51. The fourth-order valence-corrected chi connectivity index (χ4v) is 1.42. The number of likely N-dealkylation sites (N-methyl/N-ethyl adjacent to an activating group) is 1. The van der Waals surface area contributed by atoms with Crippen LogP contribution in [0.3, 0.4) is 0 Å². The highest BCUT2D eigenvalue weighted by atomic mass is 15.3. The molecule has 3 nitrogen and oxygen atoms in total. The third-order valence-electron chi connectivity index (χ3n) is 2.65. The van der Waals surface area contributed by atoms with Crippen molar-refractivity contribution in [1.82, 2.24) is 15.1 Å². The summed E-state index contributed by atoms with van der Waals surface area (Å²) in [5, 5.41) is 7.70. The first-order valence-electron chi connectivity index (χ1n) is 5.47. The van der Waals surface area contributed by atoms with Crippen LogP contribution in [0.15, 0.2) is 12.4 Å². The van der Waals surface area contributed by atoms with Gasteiger partial charge in [-0.05, 0) is 53.7 Å². The van der Waals surface area contributed by atoms with Crippen molar-refractivity contribution in [3.8, 4) is 0 Å². The maximum absolute atomic E-state index is 4.39. The van der Waals surface area contributed by atoms with E-state index in [0.717, 1.165) is 6.42 Å². The molecule has 0 aliphatic carbocycles. The second-order valence-electron chi connectivity index (χ2n) is 5.77. The summed E-state index contributed by atoms with van der Waals surface area (Å²) >= 11 is 0. The van der Waals surface area contributed by atoms with E-state index < -0.39 is 0 Å². The van der Waals surface area contributed by atoms with Gasteiger partial charge in [0.05, 0.1) is 11.7 Å². The van der Waals surface area contributed by atoms with Crippen LogP contribution in [-0.2, 0) is 12.0 Å². The molecule has 1 heterocycles. The minimum absolute atomic E-state index is 0.0715. The zero-order valence-corrected chi connectivity index (χ0v) is 10.8. The minimum Gasteiger partial charge on any atom is -0.314 e. The van der Waals surface area contributed by atoms with Crippen LogP contribution in [0.1, 0.15) is 40.2 Å². The predicted molar refractivity (Wildman–Crippen MR) is 64.1 cm³/mol. The van der Waals surface area contributed by atoms with Gasteiger partial charge in [-0.1, -0.05) is 0 Å². The Morgan fingerprint density at radius 2 is 1.87 bits per heavy atom. The summed E-state index contributed by atoms with van der Waals surface area (Å²) in [6.07, 6.45) is 5.10. The molecular formula is C12H23N3. The molecule has 0 atom stereocenters. The fraction of sp³-hybridized carbons (Fsp3) is 0.750. The number of rotatable bonds is 3. The first-order valence-corrected chi connectivity index (χ1v) is 5.47. The molecular weight excluding hydrogens is 186 g/mol. The predicted octanol–water partition coefficient (Wildman–Crippen LogP) is 2.18. The van der Waals surface area contributed by atoms with E-state index in [0.29, 0.717) is 0 Å². The van der Waals surface area contributed by atoms with Crippen LogP contribution in [0, 0.1) is 0 Å². The Kier molecular flexibility index (Phi) is 3.24. The van der Waals surface area contributed by atoms with E-state index in [1.54, 1.807) is 0 Å². The van der Waals surface area contributed by atoms with Crippen molar-refractivity contribution in [2.24, 2.45) is 0 Å². The average molecular weight is 209 g/mol. The van der Waals surface area contributed by atoms with Crippen LogP contribution in [0.25, 0.3) is 0 Å². The summed E-state index contributed by atoms with van der Waals surface area (Å²) in [7, 11) is 1.99.